The van der Waals surface area contributed by atoms with Gasteiger partial charge in [-0.2, -0.15) is 0 Å². The Hall–Kier alpha value is -2.21. The number of fused-ring (bicyclic) bond motifs is 1. The topological polar surface area (TPSA) is 60.0 Å². The van der Waals surface area contributed by atoms with Crippen molar-refractivity contribution in [2.75, 3.05) is 46.5 Å². The molecule has 6 nitrogen and oxygen atoms in total. The molecule has 1 aromatic rings. The van der Waals surface area contributed by atoms with E-state index in [2.05, 4.69) is 24.1 Å². The van der Waals surface area contributed by atoms with Crippen LogP contribution < -0.4 is 19.5 Å². The summed E-state index contributed by atoms with van der Waals surface area (Å²) in [5, 5.41) is 2.89. The number of likely N-dealkylation sites (N-methyl/N-ethyl adjacent to an activating group) is 1. The van der Waals surface area contributed by atoms with E-state index in [0.717, 1.165) is 25.2 Å². The van der Waals surface area contributed by atoms with E-state index in [9.17, 15) is 4.79 Å². The third-order valence-electron chi connectivity index (χ3n) is 3.90. The summed E-state index contributed by atoms with van der Waals surface area (Å²) < 4.78 is 16.5. The van der Waals surface area contributed by atoms with Crippen molar-refractivity contribution >= 4 is 12.0 Å². The molecule has 0 unspecified atom stereocenters. The molecule has 1 N–H and O–H groups in total. The highest BCUT2D eigenvalue weighted by molar-refractivity contribution is 5.91. The Bertz CT molecular complexity index is 565. The zero-order valence-corrected chi connectivity index (χ0v) is 14.6. The molecule has 0 saturated heterocycles. The van der Waals surface area contributed by atoms with Gasteiger partial charge in [-0.3, -0.25) is 4.79 Å². The monoisotopic (exact) mass is 334 g/mol. The maximum atomic E-state index is 11.9. The first-order valence-corrected chi connectivity index (χ1v) is 8.33. The minimum atomic E-state index is -0.115. The van der Waals surface area contributed by atoms with E-state index >= 15 is 0 Å². The Morgan fingerprint density at radius 2 is 2.04 bits per heavy atom. The minimum Gasteiger partial charge on any atom is -0.493 e. The van der Waals surface area contributed by atoms with Gasteiger partial charge >= 0.3 is 0 Å². The molecular weight excluding hydrogens is 308 g/mol. The van der Waals surface area contributed by atoms with Crippen molar-refractivity contribution in [1.29, 1.82) is 0 Å². The largest absolute Gasteiger partial charge is 0.493 e. The average molecular weight is 334 g/mol. The summed E-state index contributed by atoms with van der Waals surface area (Å²) >= 11 is 0. The van der Waals surface area contributed by atoms with E-state index in [4.69, 9.17) is 14.2 Å². The normalized spacial score (nSPS) is 13.3. The lowest BCUT2D eigenvalue weighted by molar-refractivity contribution is -0.116. The molecule has 6 heteroatoms. The Labute approximate surface area is 143 Å². The summed E-state index contributed by atoms with van der Waals surface area (Å²) in [7, 11) is 1.58. The molecular formula is C18H26N2O4. The van der Waals surface area contributed by atoms with Crippen molar-refractivity contribution in [2.45, 2.75) is 13.8 Å². The van der Waals surface area contributed by atoms with Crippen molar-refractivity contribution < 1.29 is 19.0 Å². The fourth-order valence-corrected chi connectivity index (χ4v) is 2.50. The second-order valence-corrected chi connectivity index (χ2v) is 5.40. The third kappa shape index (κ3) is 4.89. The molecule has 1 heterocycles. The summed E-state index contributed by atoms with van der Waals surface area (Å²) in [6.45, 7) is 8.70. The first kappa shape index (κ1) is 18.1. The minimum absolute atomic E-state index is 0.115. The highest BCUT2D eigenvalue weighted by Gasteiger charge is 2.17. The molecule has 0 radical (unpaired) electrons. The maximum absolute atomic E-state index is 11.9. The summed E-state index contributed by atoms with van der Waals surface area (Å²) in [5.41, 5.74) is 0.829. The molecule has 0 saturated carbocycles. The second kappa shape index (κ2) is 9.17. The zero-order chi connectivity index (χ0) is 17.4. The lowest BCUT2D eigenvalue weighted by Crippen LogP contribution is -2.34. The Kier molecular flexibility index (Phi) is 6.93. The SMILES string of the molecule is CCN(CC)CCNC(=O)C=Cc1cc(OC)c2c(c1)OCCO2. The molecule has 1 aromatic carbocycles. The van der Waals surface area contributed by atoms with Gasteiger partial charge in [-0.15, -0.1) is 0 Å². The summed E-state index contributed by atoms with van der Waals surface area (Å²) in [4.78, 5) is 14.2. The Morgan fingerprint density at radius 3 is 2.75 bits per heavy atom. The van der Waals surface area contributed by atoms with E-state index in [0.29, 0.717) is 37.0 Å². The number of hydrogen-bond donors (Lipinski definition) is 1. The van der Waals surface area contributed by atoms with E-state index in [1.807, 2.05) is 12.1 Å². The van der Waals surface area contributed by atoms with Gasteiger partial charge in [0.25, 0.3) is 0 Å². The van der Waals surface area contributed by atoms with Gasteiger partial charge < -0.3 is 24.4 Å². The van der Waals surface area contributed by atoms with Crippen LogP contribution in [0.4, 0.5) is 0 Å². The fraction of sp³-hybridized carbons (Fsp3) is 0.500. The van der Waals surface area contributed by atoms with Crippen molar-refractivity contribution in [2.24, 2.45) is 0 Å². The van der Waals surface area contributed by atoms with Crippen LogP contribution in [0.25, 0.3) is 6.08 Å². The van der Waals surface area contributed by atoms with Crippen LogP contribution in [-0.2, 0) is 4.79 Å². The van der Waals surface area contributed by atoms with E-state index < -0.39 is 0 Å². The predicted octanol–water partition coefficient (Wildman–Crippen LogP) is 1.94. The molecule has 132 valence electrons. The van der Waals surface area contributed by atoms with Gasteiger partial charge in [0.2, 0.25) is 11.7 Å². The van der Waals surface area contributed by atoms with Gasteiger partial charge in [-0.25, -0.2) is 0 Å². The Balaban J connectivity index is 1.94. The van der Waals surface area contributed by atoms with Crippen molar-refractivity contribution in [3.63, 3.8) is 0 Å². The smallest absolute Gasteiger partial charge is 0.244 e. The molecule has 0 aromatic heterocycles. The summed E-state index contributed by atoms with van der Waals surface area (Å²) in [5.74, 6) is 1.75. The average Bonchev–Trinajstić information content (AvgIpc) is 2.62. The maximum Gasteiger partial charge on any atom is 0.244 e. The summed E-state index contributed by atoms with van der Waals surface area (Å²) in [6, 6.07) is 3.67. The lowest BCUT2D eigenvalue weighted by Gasteiger charge is -2.21. The van der Waals surface area contributed by atoms with Crippen molar-refractivity contribution in [3.8, 4) is 17.2 Å². The molecule has 0 spiro atoms. The highest BCUT2D eigenvalue weighted by atomic mass is 16.6. The number of carbonyl (C=O) groups excluding carboxylic acids is 1. The fourth-order valence-electron chi connectivity index (χ4n) is 2.50. The highest BCUT2D eigenvalue weighted by Crippen LogP contribution is 2.40. The zero-order valence-electron chi connectivity index (χ0n) is 14.6. The van der Waals surface area contributed by atoms with Crippen molar-refractivity contribution in [1.82, 2.24) is 10.2 Å². The number of nitrogens with one attached hydrogen (secondary N) is 1. The number of carbonyl (C=O) groups is 1. The van der Waals surface area contributed by atoms with Crippen LogP contribution in [-0.4, -0.2) is 57.3 Å². The van der Waals surface area contributed by atoms with Crippen LogP contribution >= 0.6 is 0 Å². The van der Waals surface area contributed by atoms with Crippen LogP contribution in [0.3, 0.4) is 0 Å². The molecule has 0 fully saturated rings. The number of methoxy groups -OCH3 is 1. The molecule has 1 aliphatic heterocycles. The van der Waals surface area contributed by atoms with Crippen molar-refractivity contribution in [3.05, 3.63) is 23.8 Å². The van der Waals surface area contributed by atoms with Gasteiger partial charge in [0.15, 0.2) is 11.5 Å². The number of benzene rings is 1. The number of ether oxygens (including phenoxy) is 3. The second-order valence-electron chi connectivity index (χ2n) is 5.40. The van der Waals surface area contributed by atoms with Gasteiger partial charge in [-0.05, 0) is 36.9 Å². The van der Waals surface area contributed by atoms with Crippen LogP contribution in [0.15, 0.2) is 18.2 Å². The molecule has 0 bridgehead atoms. The number of hydrogen-bond acceptors (Lipinski definition) is 5. The molecule has 2 rings (SSSR count). The molecule has 0 atom stereocenters. The summed E-state index contributed by atoms with van der Waals surface area (Å²) in [6.07, 6.45) is 3.26. The van der Waals surface area contributed by atoms with E-state index in [1.54, 1.807) is 13.2 Å². The van der Waals surface area contributed by atoms with Crippen LogP contribution in [0.2, 0.25) is 0 Å². The molecule has 24 heavy (non-hydrogen) atoms. The van der Waals surface area contributed by atoms with Crippen LogP contribution in [0.5, 0.6) is 17.2 Å². The number of amides is 1. The van der Waals surface area contributed by atoms with Gasteiger partial charge in [0.1, 0.15) is 13.2 Å². The third-order valence-corrected chi connectivity index (χ3v) is 3.90. The quantitative estimate of drug-likeness (QED) is 0.736. The lowest BCUT2D eigenvalue weighted by atomic mass is 10.1. The van der Waals surface area contributed by atoms with Gasteiger partial charge in [0, 0.05) is 19.2 Å². The van der Waals surface area contributed by atoms with E-state index in [-0.39, 0.29) is 5.91 Å². The van der Waals surface area contributed by atoms with Crippen LogP contribution in [0, 0.1) is 0 Å². The number of rotatable bonds is 8. The predicted molar refractivity (Wildman–Crippen MR) is 93.8 cm³/mol. The first-order chi connectivity index (χ1) is 11.7. The van der Waals surface area contributed by atoms with E-state index in [1.165, 1.54) is 6.08 Å². The first-order valence-electron chi connectivity index (χ1n) is 8.33. The van der Waals surface area contributed by atoms with Gasteiger partial charge in [-0.1, -0.05) is 13.8 Å². The van der Waals surface area contributed by atoms with Gasteiger partial charge in [0.05, 0.1) is 7.11 Å². The standard InChI is InChI=1S/C18H26N2O4/c1-4-20(5-2)9-8-19-17(21)7-6-14-12-15(22-3)18-16(13-14)23-10-11-24-18/h6-7,12-13H,4-5,8-11H2,1-3H3,(H,19,21). The molecule has 0 aliphatic carbocycles. The Morgan fingerprint density at radius 1 is 1.29 bits per heavy atom. The van der Waals surface area contributed by atoms with Crippen LogP contribution in [0.1, 0.15) is 19.4 Å². The number of nitrogens with zero attached hydrogens (tertiary/aromatic N) is 1. The molecule has 1 aliphatic rings. The molecule has 1 amide bonds.